The molecule has 0 aromatic heterocycles. The number of non-ortho nitro benzene ring substituents is 1. The van der Waals surface area contributed by atoms with Gasteiger partial charge in [-0.25, -0.2) is 13.1 Å². The molecular formula is C13H19N3O4S. The molecule has 1 N–H and O–H groups in total. The van der Waals surface area contributed by atoms with Crippen LogP contribution in [0.5, 0.6) is 0 Å². The van der Waals surface area contributed by atoms with Crippen molar-refractivity contribution in [2.24, 2.45) is 0 Å². The van der Waals surface area contributed by atoms with Crippen molar-refractivity contribution in [2.45, 2.75) is 24.2 Å². The summed E-state index contributed by atoms with van der Waals surface area (Å²) in [5.41, 5.74) is -0.123. The first kappa shape index (κ1) is 15.9. The molecule has 1 aliphatic rings. The van der Waals surface area contributed by atoms with Crippen LogP contribution in [-0.2, 0) is 10.0 Å². The lowest BCUT2D eigenvalue weighted by molar-refractivity contribution is -0.384. The molecule has 0 aliphatic carbocycles. The number of likely N-dealkylation sites (tertiary alicyclic amines) is 1. The zero-order chi connectivity index (χ0) is 15.3. The largest absolute Gasteiger partial charge is 0.302 e. The minimum atomic E-state index is -3.60. The molecule has 7 nitrogen and oxygen atoms in total. The van der Waals surface area contributed by atoms with Crippen LogP contribution in [0.25, 0.3) is 0 Å². The van der Waals surface area contributed by atoms with E-state index in [0.29, 0.717) is 13.1 Å². The molecule has 1 aliphatic heterocycles. The van der Waals surface area contributed by atoms with Gasteiger partial charge in [-0.3, -0.25) is 10.1 Å². The molecule has 0 amide bonds. The van der Waals surface area contributed by atoms with Crippen molar-refractivity contribution in [1.29, 1.82) is 0 Å². The summed E-state index contributed by atoms with van der Waals surface area (Å²) in [6.07, 6.45) is 3.56. The number of rotatable bonds is 6. The van der Waals surface area contributed by atoms with E-state index in [2.05, 4.69) is 9.62 Å². The average Bonchev–Trinajstić information content (AvgIpc) is 2.48. The van der Waals surface area contributed by atoms with Crippen LogP contribution < -0.4 is 4.72 Å². The van der Waals surface area contributed by atoms with E-state index in [1.54, 1.807) is 0 Å². The van der Waals surface area contributed by atoms with E-state index in [1.807, 2.05) is 0 Å². The van der Waals surface area contributed by atoms with Gasteiger partial charge >= 0.3 is 0 Å². The van der Waals surface area contributed by atoms with E-state index in [-0.39, 0.29) is 10.6 Å². The van der Waals surface area contributed by atoms with Crippen molar-refractivity contribution in [3.8, 4) is 0 Å². The van der Waals surface area contributed by atoms with Gasteiger partial charge in [-0.15, -0.1) is 0 Å². The van der Waals surface area contributed by atoms with Gasteiger partial charge in [0.05, 0.1) is 9.82 Å². The molecule has 2 rings (SSSR count). The summed E-state index contributed by atoms with van der Waals surface area (Å²) in [4.78, 5) is 12.3. The Bertz CT molecular complexity index is 580. The summed E-state index contributed by atoms with van der Waals surface area (Å²) in [6.45, 7) is 3.06. The Labute approximate surface area is 124 Å². The molecule has 0 atom stereocenters. The zero-order valence-electron chi connectivity index (χ0n) is 11.7. The van der Waals surface area contributed by atoms with Crippen LogP contribution >= 0.6 is 0 Å². The molecular weight excluding hydrogens is 294 g/mol. The van der Waals surface area contributed by atoms with Gasteiger partial charge in [0.2, 0.25) is 10.0 Å². The van der Waals surface area contributed by atoms with Crippen LogP contribution in [-0.4, -0.2) is 44.4 Å². The maximum absolute atomic E-state index is 12.1. The summed E-state index contributed by atoms with van der Waals surface area (Å²) in [6, 6.07) is 4.89. The molecule has 0 spiro atoms. The second kappa shape index (κ2) is 6.97. The number of sulfonamides is 1. The lowest BCUT2D eigenvalue weighted by atomic mass is 10.1. The summed E-state index contributed by atoms with van der Waals surface area (Å²) < 4.78 is 26.6. The van der Waals surface area contributed by atoms with E-state index >= 15 is 0 Å². The average molecular weight is 313 g/mol. The third-order valence-corrected chi connectivity index (χ3v) is 5.00. The van der Waals surface area contributed by atoms with Gasteiger partial charge in [0, 0.05) is 25.2 Å². The fraction of sp³-hybridized carbons (Fsp3) is 0.538. The second-order valence-electron chi connectivity index (χ2n) is 5.05. The maximum atomic E-state index is 12.1. The topological polar surface area (TPSA) is 92.5 Å². The highest BCUT2D eigenvalue weighted by Crippen LogP contribution is 2.15. The van der Waals surface area contributed by atoms with Crippen LogP contribution in [0.4, 0.5) is 5.69 Å². The number of nitro groups is 1. The van der Waals surface area contributed by atoms with Crippen molar-refractivity contribution >= 4 is 15.7 Å². The first-order valence-corrected chi connectivity index (χ1v) is 8.44. The van der Waals surface area contributed by atoms with Gasteiger partial charge in [-0.05, 0) is 38.1 Å². The van der Waals surface area contributed by atoms with Crippen molar-refractivity contribution < 1.29 is 13.3 Å². The van der Waals surface area contributed by atoms with E-state index in [0.717, 1.165) is 25.9 Å². The molecule has 0 unspecified atom stereocenters. The smallest absolute Gasteiger partial charge is 0.269 e. The fourth-order valence-corrected chi connectivity index (χ4v) is 3.37. The Hall–Kier alpha value is -1.51. The number of hydrogen-bond acceptors (Lipinski definition) is 5. The Kier molecular flexibility index (Phi) is 5.27. The van der Waals surface area contributed by atoms with Crippen molar-refractivity contribution in [3.05, 3.63) is 34.4 Å². The third kappa shape index (κ3) is 4.48. The highest BCUT2D eigenvalue weighted by Gasteiger charge is 2.16. The minimum absolute atomic E-state index is 0.0479. The zero-order valence-corrected chi connectivity index (χ0v) is 12.5. The SMILES string of the molecule is O=[N+]([O-])c1ccc(S(=O)(=O)NCCN2CCCCC2)cc1. The second-order valence-corrected chi connectivity index (χ2v) is 6.82. The normalized spacial score (nSPS) is 16.8. The minimum Gasteiger partial charge on any atom is -0.302 e. The number of piperidine rings is 1. The number of nitrogens with zero attached hydrogens (tertiary/aromatic N) is 2. The Morgan fingerprint density at radius 3 is 2.33 bits per heavy atom. The molecule has 116 valence electrons. The van der Waals surface area contributed by atoms with Crippen LogP contribution in [0.2, 0.25) is 0 Å². The van der Waals surface area contributed by atoms with Gasteiger partial charge in [0.25, 0.3) is 5.69 Å². The third-order valence-electron chi connectivity index (χ3n) is 3.53. The van der Waals surface area contributed by atoms with Gasteiger partial charge in [-0.2, -0.15) is 0 Å². The van der Waals surface area contributed by atoms with E-state index < -0.39 is 14.9 Å². The summed E-state index contributed by atoms with van der Waals surface area (Å²) in [5, 5.41) is 10.5. The number of nitrogens with one attached hydrogen (secondary N) is 1. The first-order chi connectivity index (χ1) is 9.99. The highest BCUT2D eigenvalue weighted by atomic mass is 32.2. The molecule has 1 fully saturated rings. The van der Waals surface area contributed by atoms with Crippen LogP contribution in [0.3, 0.4) is 0 Å². The molecule has 0 radical (unpaired) electrons. The van der Waals surface area contributed by atoms with Gasteiger partial charge in [0.1, 0.15) is 0 Å². The molecule has 1 saturated heterocycles. The van der Waals surface area contributed by atoms with Crippen LogP contribution in [0.1, 0.15) is 19.3 Å². The predicted octanol–water partition coefficient (Wildman–Crippen LogP) is 1.36. The molecule has 1 aromatic rings. The van der Waals surface area contributed by atoms with Crippen LogP contribution in [0.15, 0.2) is 29.2 Å². The maximum Gasteiger partial charge on any atom is 0.269 e. The predicted molar refractivity (Wildman–Crippen MR) is 78.6 cm³/mol. The first-order valence-electron chi connectivity index (χ1n) is 6.95. The Morgan fingerprint density at radius 1 is 1.14 bits per heavy atom. The standard InChI is InChI=1S/C13H19N3O4S/c17-16(18)12-4-6-13(7-5-12)21(19,20)14-8-11-15-9-2-1-3-10-15/h4-7,14H,1-3,8-11H2. The highest BCUT2D eigenvalue weighted by molar-refractivity contribution is 7.89. The molecule has 8 heteroatoms. The number of hydrogen-bond donors (Lipinski definition) is 1. The lowest BCUT2D eigenvalue weighted by Gasteiger charge is -2.26. The van der Waals surface area contributed by atoms with E-state index in [1.165, 1.54) is 30.7 Å². The van der Waals surface area contributed by atoms with E-state index in [4.69, 9.17) is 0 Å². The summed E-state index contributed by atoms with van der Waals surface area (Å²) in [7, 11) is -3.60. The fourth-order valence-electron chi connectivity index (χ4n) is 2.35. The molecule has 1 aromatic carbocycles. The van der Waals surface area contributed by atoms with Gasteiger partial charge in [-0.1, -0.05) is 6.42 Å². The van der Waals surface area contributed by atoms with Crippen molar-refractivity contribution in [3.63, 3.8) is 0 Å². The van der Waals surface area contributed by atoms with E-state index in [9.17, 15) is 18.5 Å². The molecule has 1 heterocycles. The quantitative estimate of drug-likeness (QED) is 0.632. The monoisotopic (exact) mass is 313 g/mol. The van der Waals surface area contributed by atoms with Gasteiger partial charge < -0.3 is 4.90 Å². The summed E-state index contributed by atoms with van der Waals surface area (Å²) >= 11 is 0. The van der Waals surface area contributed by atoms with Crippen molar-refractivity contribution in [2.75, 3.05) is 26.2 Å². The van der Waals surface area contributed by atoms with Crippen LogP contribution in [0, 0.1) is 10.1 Å². The summed E-state index contributed by atoms with van der Waals surface area (Å²) in [5.74, 6) is 0. The lowest BCUT2D eigenvalue weighted by Crippen LogP contribution is -2.37. The Morgan fingerprint density at radius 2 is 1.76 bits per heavy atom. The number of benzene rings is 1. The molecule has 21 heavy (non-hydrogen) atoms. The van der Waals surface area contributed by atoms with Gasteiger partial charge in [0.15, 0.2) is 0 Å². The molecule has 0 saturated carbocycles. The number of nitro benzene ring substituents is 1. The Balaban J connectivity index is 1.90. The molecule has 0 bridgehead atoms. The van der Waals surface area contributed by atoms with Crippen molar-refractivity contribution in [1.82, 2.24) is 9.62 Å².